The maximum Gasteiger partial charge on any atom is 0.0322 e. The summed E-state index contributed by atoms with van der Waals surface area (Å²) in [5.74, 6) is 0. The van der Waals surface area contributed by atoms with Crippen LogP contribution in [-0.4, -0.2) is 0 Å². The summed E-state index contributed by atoms with van der Waals surface area (Å²) >= 11 is 15.1. The average molecular weight is 674 g/mol. The summed E-state index contributed by atoms with van der Waals surface area (Å²) < 4.78 is 4.44. The van der Waals surface area contributed by atoms with E-state index in [9.17, 15) is 0 Å². The Balaban J connectivity index is 1.79. The van der Waals surface area contributed by atoms with Gasteiger partial charge in [0.25, 0.3) is 0 Å². The molecule has 6 rings (SSSR count). The lowest BCUT2D eigenvalue weighted by Gasteiger charge is -2.45. The molecular formula is C28H18Br4. The topological polar surface area (TPSA) is 0 Å². The van der Waals surface area contributed by atoms with Crippen molar-refractivity contribution in [2.45, 2.75) is 24.7 Å². The fourth-order valence-corrected chi connectivity index (χ4v) is 7.47. The molecule has 158 valence electrons. The molecule has 0 spiro atoms. The molecule has 0 unspecified atom stereocenters. The Labute approximate surface area is 222 Å². The molecule has 32 heavy (non-hydrogen) atoms. The minimum absolute atomic E-state index is 0.271. The zero-order chi connectivity index (χ0) is 22.4. The van der Waals surface area contributed by atoms with E-state index in [1.807, 2.05) is 0 Å². The predicted octanol–water partition coefficient (Wildman–Crippen LogP) is 10.0. The largest absolute Gasteiger partial charge is 0.0529 e. The van der Waals surface area contributed by atoms with Gasteiger partial charge in [0.05, 0.1) is 0 Å². The van der Waals surface area contributed by atoms with Crippen LogP contribution in [0.25, 0.3) is 22.3 Å². The molecule has 0 aliphatic heterocycles. The molecule has 4 heteroatoms. The predicted molar refractivity (Wildman–Crippen MR) is 147 cm³/mol. The monoisotopic (exact) mass is 670 g/mol. The van der Waals surface area contributed by atoms with E-state index in [0.29, 0.717) is 0 Å². The third-order valence-corrected chi connectivity index (χ3v) is 9.63. The van der Waals surface area contributed by atoms with Gasteiger partial charge >= 0.3 is 0 Å². The highest BCUT2D eigenvalue weighted by molar-refractivity contribution is 9.11. The molecule has 0 aromatic heterocycles. The van der Waals surface area contributed by atoms with Gasteiger partial charge in [-0.25, -0.2) is 0 Å². The van der Waals surface area contributed by atoms with E-state index in [1.165, 1.54) is 44.5 Å². The summed E-state index contributed by atoms with van der Waals surface area (Å²) in [6, 6.07) is 27.0. The van der Waals surface area contributed by atoms with Crippen LogP contribution >= 0.6 is 63.7 Å². The van der Waals surface area contributed by atoms with Gasteiger partial charge in [-0.1, -0.05) is 102 Å². The molecule has 2 aliphatic rings. The second-order valence-electron chi connectivity index (χ2n) is 9.01. The summed E-state index contributed by atoms with van der Waals surface area (Å²) in [6.07, 6.45) is 0. The molecule has 2 aliphatic carbocycles. The van der Waals surface area contributed by atoms with E-state index >= 15 is 0 Å². The van der Waals surface area contributed by atoms with Crippen molar-refractivity contribution in [3.63, 3.8) is 0 Å². The van der Waals surface area contributed by atoms with E-state index in [-0.39, 0.29) is 10.8 Å². The summed E-state index contributed by atoms with van der Waals surface area (Å²) in [4.78, 5) is 0. The van der Waals surface area contributed by atoms with Crippen LogP contribution in [0.15, 0.2) is 90.7 Å². The normalized spacial score (nSPS) is 16.3. The first-order chi connectivity index (χ1) is 15.2. The Morgan fingerprint density at radius 1 is 0.406 bits per heavy atom. The van der Waals surface area contributed by atoms with Gasteiger partial charge in [-0.2, -0.15) is 0 Å². The van der Waals surface area contributed by atoms with Crippen molar-refractivity contribution in [2.75, 3.05) is 0 Å². The molecule has 4 aromatic rings. The first-order valence-electron chi connectivity index (χ1n) is 10.5. The van der Waals surface area contributed by atoms with Crippen LogP contribution in [0.5, 0.6) is 0 Å². The molecule has 0 saturated heterocycles. The van der Waals surface area contributed by atoms with Crippen molar-refractivity contribution in [3.05, 3.63) is 113 Å². The van der Waals surface area contributed by atoms with Gasteiger partial charge < -0.3 is 0 Å². The van der Waals surface area contributed by atoms with Crippen molar-refractivity contribution in [3.8, 4) is 22.3 Å². The zero-order valence-corrected chi connectivity index (χ0v) is 23.8. The lowest BCUT2D eigenvalue weighted by atomic mass is 9.56. The zero-order valence-electron chi connectivity index (χ0n) is 17.4. The fourth-order valence-electron chi connectivity index (χ4n) is 6.03. The van der Waals surface area contributed by atoms with Crippen LogP contribution in [0.4, 0.5) is 0 Å². The van der Waals surface area contributed by atoms with Crippen molar-refractivity contribution in [1.82, 2.24) is 0 Å². The van der Waals surface area contributed by atoms with Crippen molar-refractivity contribution >= 4 is 63.7 Å². The second kappa shape index (κ2) is 7.15. The Hall–Kier alpha value is -1.20. The number of rotatable bonds is 1. The fraction of sp³-hybridized carbons (Fsp3) is 0.143. The van der Waals surface area contributed by atoms with Crippen LogP contribution in [0.3, 0.4) is 0 Å². The van der Waals surface area contributed by atoms with Crippen LogP contribution in [0.1, 0.15) is 36.1 Å². The molecule has 0 fully saturated rings. The Kier molecular flexibility index (Phi) is 4.77. The molecule has 0 bridgehead atoms. The van der Waals surface area contributed by atoms with Gasteiger partial charge in [0.1, 0.15) is 0 Å². The van der Waals surface area contributed by atoms with Gasteiger partial charge in [0.15, 0.2) is 0 Å². The van der Waals surface area contributed by atoms with Crippen LogP contribution in [0.2, 0.25) is 0 Å². The Morgan fingerprint density at radius 2 is 0.625 bits per heavy atom. The van der Waals surface area contributed by atoms with Gasteiger partial charge in [0, 0.05) is 28.7 Å². The lowest BCUT2D eigenvalue weighted by Crippen LogP contribution is -2.44. The highest BCUT2D eigenvalue weighted by atomic mass is 79.9. The summed E-state index contributed by atoms with van der Waals surface area (Å²) in [6.45, 7) is 4.86. The van der Waals surface area contributed by atoms with Gasteiger partial charge in [-0.15, -0.1) is 0 Å². The maximum atomic E-state index is 3.76. The number of hydrogen-bond donors (Lipinski definition) is 0. The maximum absolute atomic E-state index is 3.76. The van der Waals surface area contributed by atoms with Crippen molar-refractivity contribution in [2.24, 2.45) is 0 Å². The highest BCUT2D eigenvalue weighted by Crippen LogP contribution is 2.65. The van der Waals surface area contributed by atoms with E-state index in [4.69, 9.17) is 0 Å². The number of hydrogen-bond acceptors (Lipinski definition) is 0. The first-order valence-corrected chi connectivity index (χ1v) is 13.6. The summed E-state index contributed by atoms with van der Waals surface area (Å²) in [5.41, 5.74) is 10.2. The van der Waals surface area contributed by atoms with E-state index in [0.717, 1.165) is 17.9 Å². The standard InChI is InChI=1S/C28H18Br4/c1-27(23-11-15(29)3-7-19(23)20-8-4-16(30)12-24(20)27)28(2)25-13-17(31)5-9-21(25)22-10-6-18(32)14-26(22)28/h3-14H,1-2H3. The summed E-state index contributed by atoms with van der Waals surface area (Å²) in [7, 11) is 0. The van der Waals surface area contributed by atoms with E-state index < -0.39 is 0 Å². The number of fused-ring (bicyclic) bond motifs is 6. The minimum Gasteiger partial charge on any atom is -0.0529 e. The van der Waals surface area contributed by atoms with Gasteiger partial charge in [-0.05, 0) is 93.0 Å². The SMILES string of the molecule is CC1(C2(C)c3cc(Br)ccc3-c3ccc(Br)cc32)c2cc(Br)ccc2-c2ccc(Br)cc21. The third-order valence-electron chi connectivity index (χ3n) is 7.66. The Bertz CT molecular complexity index is 1240. The molecule has 0 saturated carbocycles. The minimum atomic E-state index is -0.271. The quantitative estimate of drug-likeness (QED) is 0.189. The molecule has 0 nitrogen and oxygen atoms in total. The molecule has 0 heterocycles. The van der Waals surface area contributed by atoms with Crippen molar-refractivity contribution in [1.29, 1.82) is 0 Å². The van der Waals surface area contributed by atoms with E-state index in [2.05, 4.69) is 150 Å². The van der Waals surface area contributed by atoms with Crippen LogP contribution in [-0.2, 0) is 10.8 Å². The molecule has 0 radical (unpaired) electrons. The lowest BCUT2D eigenvalue weighted by molar-refractivity contribution is 0.375. The second-order valence-corrected chi connectivity index (χ2v) is 12.7. The number of benzene rings is 4. The van der Waals surface area contributed by atoms with Crippen LogP contribution in [0, 0.1) is 0 Å². The molecular weight excluding hydrogens is 656 g/mol. The molecule has 4 aromatic carbocycles. The molecule has 0 atom stereocenters. The highest BCUT2D eigenvalue weighted by Gasteiger charge is 2.57. The smallest absolute Gasteiger partial charge is 0.0322 e. The summed E-state index contributed by atoms with van der Waals surface area (Å²) in [5, 5.41) is 0. The number of halogens is 4. The van der Waals surface area contributed by atoms with Gasteiger partial charge in [-0.3, -0.25) is 0 Å². The molecule has 0 amide bonds. The van der Waals surface area contributed by atoms with Gasteiger partial charge in [0.2, 0.25) is 0 Å². The average Bonchev–Trinajstić information content (AvgIpc) is 3.16. The Morgan fingerprint density at radius 3 is 0.844 bits per heavy atom. The first kappa shape index (κ1) is 21.3. The van der Waals surface area contributed by atoms with Crippen molar-refractivity contribution < 1.29 is 0 Å². The molecule has 0 N–H and O–H groups in total. The van der Waals surface area contributed by atoms with Crippen LogP contribution < -0.4 is 0 Å². The van der Waals surface area contributed by atoms with E-state index in [1.54, 1.807) is 0 Å². The third kappa shape index (κ3) is 2.64.